The van der Waals surface area contributed by atoms with Gasteiger partial charge in [0.05, 0.1) is 0 Å². The van der Waals surface area contributed by atoms with Gasteiger partial charge in [-0.25, -0.2) is 0 Å². The fourth-order valence-corrected chi connectivity index (χ4v) is 3.48. The monoisotopic (exact) mass is 268 g/mol. The maximum atomic E-state index is 3.61. The summed E-state index contributed by atoms with van der Waals surface area (Å²) in [4.78, 5) is 2.66. The van der Waals surface area contributed by atoms with Gasteiger partial charge in [0.15, 0.2) is 0 Å². The summed E-state index contributed by atoms with van der Waals surface area (Å²) in [5, 5.41) is 3.61. The Morgan fingerprint density at radius 3 is 2.32 bits per heavy atom. The van der Waals surface area contributed by atoms with Crippen LogP contribution in [0.2, 0.25) is 0 Å². The standard InChI is InChI=1S/C17H36N2/c1-5-8-9-15(6-2)14-19(4)17-12-10-16(11-13-17)18-7-3/h15-18H,5-14H2,1-4H3. The summed E-state index contributed by atoms with van der Waals surface area (Å²) in [6.07, 6.45) is 11.0. The van der Waals surface area contributed by atoms with Crippen LogP contribution in [0.1, 0.15) is 72.1 Å². The first-order chi connectivity index (χ1) is 9.21. The second-order valence-corrected chi connectivity index (χ2v) is 6.42. The highest BCUT2D eigenvalue weighted by Gasteiger charge is 2.24. The predicted molar refractivity (Wildman–Crippen MR) is 85.7 cm³/mol. The van der Waals surface area contributed by atoms with E-state index >= 15 is 0 Å². The van der Waals surface area contributed by atoms with Crippen molar-refractivity contribution < 1.29 is 0 Å². The Kier molecular flexibility index (Phi) is 8.72. The molecular formula is C17H36N2. The molecule has 1 saturated carbocycles. The number of nitrogens with one attached hydrogen (secondary N) is 1. The van der Waals surface area contributed by atoms with E-state index in [1.807, 2.05) is 0 Å². The average Bonchev–Trinajstić information content (AvgIpc) is 2.44. The molecule has 0 aliphatic heterocycles. The van der Waals surface area contributed by atoms with E-state index in [-0.39, 0.29) is 0 Å². The molecule has 1 aliphatic rings. The van der Waals surface area contributed by atoms with Gasteiger partial charge in [0.2, 0.25) is 0 Å². The van der Waals surface area contributed by atoms with Gasteiger partial charge < -0.3 is 10.2 Å². The number of unbranched alkanes of at least 4 members (excludes halogenated alkanes) is 1. The minimum Gasteiger partial charge on any atom is -0.314 e. The van der Waals surface area contributed by atoms with Gasteiger partial charge in [-0.15, -0.1) is 0 Å². The predicted octanol–water partition coefficient (Wildman–Crippen LogP) is 4.06. The first-order valence-electron chi connectivity index (χ1n) is 8.64. The summed E-state index contributed by atoms with van der Waals surface area (Å²) < 4.78 is 0. The lowest BCUT2D eigenvalue weighted by Crippen LogP contribution is -2.42. The minimum atomic E-state index is 0.789. The highest BCUT2D eigenvalue weighted by molar-refractivity contribution is 4.82. The van der Waals surface area contributed by atoms with Gasteiger partial charge in [0.1, 0.15) is 0 Å². The van der Waals surface area contributed by atoms with Gasteiger partial charge in [-0.1, -0.05) is 40.0 Å². The smallest absolute Gasteiger partial charge is 0.00934 e. The van der Waals surface area contributed by atoms with Crippen molar-refractivity contribution in [1.82, 2.24) is 10.2 Å². The van der Waals surface area contributed by atoms with Crippen molar-refractivity contribution in [2.24, 2.45) is 5.92 Å². The number of hydrogen-bond acceptors (Lipinski definition) is 2. The Labute approximate surface area is 121 Å². The van der Waals surface area contributed by atoms with E-state index in [1.54, 1.807) is 0 Å². The molecule has 1 rings (SSSR count). The summed E-state index contributed by atoms with van der Waals surface area (Å²) >= 11 is 0. The van der Waals surface area contributed by atoms with Crippen LogP contribution in [-0.2, 0) is 0 Å². The normalized spacial score (nSPS) is 25.7. The van der Waals surface area contributed by atoms with Crippen LogP contribution >= 0.6 is 0 Å². The van der Waals surface area contributed by atoms with E-state index < -0.39 is 0 Å². The van der Waals surface area contributed by atoms with Gasteiger partial charge >= 0.3 is 0 Å². The van der Waals surface area contributed by atoms with Crippen molar-refractivity contribution in [3.63, 3.8) is 0 Å². The molecule has 0 aromatic rings. The number of nitrogens with zero attached hydrogens (tertiary/aromatic N) is 1. The first kappa shape index (κ1) is 17.0. The van der Waals surface area contributed by atoms with Crippen LogP contribution in [-0.4, -0.2) is 37.1 Å². The average molecular weight is 268 g/mol. The molecule has 0 bridgehead atoms. The van der Waals surface area contributed by atoms with E-state index in [1.165, 1.54) is 57.9 Å². The zero-order valence-corrected chi connectivity index (χ0v) is 13.8. The van der Waals surface area contributed by atoms with Crippen molar-refractivity contribution in [1.29, 1.82) is 0 Å². The Morgan fingerprint density at radius 2 is 1.79 bits per heavy atom. The molecular weight excluding hydrogens is 232 g/mol. The van der Waals surface area contributed by atoms with Crippen LogP contribution in [0, 0.1) is 5.92 Å². The lowest BCUT2D eigenvalue weighted by molar-refractivity contribution is 0.148. The van der Waals surface area contributed by atoms with Gasteiger partial charge in [0, 0.05) is 18.6 Å². The van der Waals surface area contributed by atoms with Crippen molar-refractivity contribution in [2.45, 2.75) is 84.2 Å². The third-order valence-electron chi connectivity index (χ3n) is 4.90. The largest absolute Gasteiger partial charge is 0.314 e. The highest BCUT2D eigenvalue weighted by atomic mass is 15.1. The molecule has 1 fully saturated rings. The second-order valence-electron chi connectivity index (χ2n) is 6.42. The van der Waals surface area contributed by atoms with Gasteiger partial charge in [0.25, 0.3) is 0 Å². The molecule has 1 unspecified atom stereocenters. The van der Waals surface area contributed by atoms with Crippen molar-refractivity contribution in [2.75, 3.05) is 20.1 Å². The Balaban J connectivity index is 2.27. The van der Waals surface area contributed by atoms with Crippen LogP contribution in [0.5, 0.6) is 0 Å². The SMILES string of the molecule is CCCCC(CC)CN(C)C1CCC(NCC)CC1. The van der Waals surface area contributed by atoms with Gasteiger partial charge in [-0.2, -0.15) is 0 Å². The first-order valence-corrected chi connectivity index (χ1v) is 8.64. The molecule has 0 radical (unpaired) electrons. The Hall–Kier alpha value is -0.0800. The summed E-state index contributed by atoms with van der Waals surface area (Å²) in [5.41, 5.74) is 0. The van der Waals surface area contributed by atoms with E-state index in [9.17, 15) is 0 Å². The van der Waals surface area contributed by atoms with E-state index in [0.29, 0.717) is 0 Å². The van der Waals surface area contributed by atoms with Gasteiger partial charge in [-0.3, -0.25) is 0 Å². The summed E-state index contributed by atoms with van der Waals surface area (Å²) in [7, 11) is 2.35. The van der Waals surface area contributed by atoms with Crippen LogP contribution < -0.4 is 5.32 Å². The third-order valence-corrected chi connectivity index (χ3v) is 4.90. The highest BCUT2D eigenvalue weighted by Crippen LogP contribution is 2.24. The quantitative estimate of drug-likeness (QED) is 0.678. The van der Waals surface area contributed by atoms with Crippen LogP contribution in [0.4, 0.5) is 0 Å². The topological polar surface area (TPSA) is 15.3 Å². The van der Waals surface area contributed by atoms with Crippen LogP contribution in [0.25, 0.3) is 0 Å². The fraction of sp³-hybridized carbons (Fsp3) is 1.00. The van der Waals surface area contributed by atoms with Crippen molar-refractivity contribution in [3.05, 3.63) is 0 Å². The zero-order chi connectivity index (χ0) is 14.1. The minimum absolute atomic E-state index is 0.789. The molecule has 0 amide bonds. The number of hydrogen-bond donors (Lipinski definition) is 1. The number of rotatable bonds is 9. The van der Waals surface area contributed by atoms with E-state index in [0.717, 1.165) is 24.5 Å². The molecule has 114 valence electrons. The molecule has 19 heavy (non-hydrogen) atoms. The van der Waals surface area contributed by atoms with E-state index in [4.69, 9.17) is 0 Å². The third kappa shape index (κ3) is 6.27. The molecule has 1 atom stereocenters. The van der Waals surface area contributed by atoms with Crippen LogP contribution in [0.3, 0.4) is 0 Å². The zero-order valence-electron chi connectivity index (χ0n) is 13.8. The molecule has 0 spiro atoms. The Bertz CT molecular complexity index is 209. The summed E-state index contributed by atoms with van der Waals surface area (Å²) in [6.45, 7) is 9.32. The molecule has 2 heteroatoms. The molecule has 2 nitrogen and oxygen atoms in total. The molecule has 0 aromatic heterocycles. The summed E-state index contributed by atoms with van der Waals surface area (Å²) in [5.74, 6) is 0.913. The Morgan fingerprint density at radius 1 is 1.11 bits per heavy atom. The maximum absolute atomic E-state index is 3.61. The fourth-order valence-electron chi connectivity index (χ4n) is 3.48. The molecule has 0 saturated heterocycles. The lowest BCUT2D eigenvalue weighted by atomic mass is 9.89. The van der Waals surface area contributed by atoms with Gasteiger partial charge in [-0.05, 0) is 51.6 Å². The lowest BCUT2D eigenvalue weighted by Gasteiger charge is -2.36. The molecule has 1 N–H and O–H groups in total. The summed E-state index contributed by atoms with van der Waals surface area (Å²) in [6, 6.07) is 1.63. The molecule has 0 aromatic carbocycles. The van der Waals surface area contributed by atoms with Crippen molar-refractivity contribution in [3.8, 4) is 0 Å². The van der Waals surface area contributed by atoms with E-state index in [2.05, 4.69) is 38.0 Å². The van der Waals surface area contributed by atoms with Crippen LogP contribution in [0.15, 0.2) is 0 Å². The van der Waals surface area contributed by atoms with Crippen molar-refractivity contribution >= 4 is 0 Å². The second kappa shape index (κ2) is 9.77. The molecule has 1 aliphatic carbocycles. The maximum Gasteiger partial charge on any atom is 0.00934 e. The molecule has 0 heterocycles.